The molecule has 0 rings (SSSR count). The summed E-state index contributed by atoms with van der Waals surface area (Å²) in [6.45, 7) is -0.238. The summed E-state index contributed by atoms with van der Waals surface area (Å²) < 4.78 is 19.0. The second-order valence-corrected chi connectivity index (χ2v) is 3.04. The molecular formula is C4H9N3O3S. The van der Waals surface area contributed by atoms with Gasteiger partial charge in [-0.1, -0.05) is 5.11 Å². The van der Waals surface area contributed by atoms with Gasteiger partial charge in [-0.05, 0) is 12.0 Å². The molecule has 0 aromatic heterocycles. The quantitative estimate of drug-likeness (QED) is 0.274. The van der Waals surface area contributed by atoms with E-state index in [4.69, 9.17) is 15.2 Å². The van der Waals surface area contributed by atoms with Gasteiger partial charge in [-0.25, -0.2) is 4.21 Å². The number of hydrogen-bond donors (Lipinski definition) is 2. The third kappa shape index (κ3) is 4.74. The first-order valence-electron chi connectivity index (χ1n) is 2.93. The molecule has 2 N–H and O–H groups in total. The summed E-state index contributed by atoms with van der Waals surface area (Å²) in [4.78, 5) is 2.44. The molecule has 64 valence electrons. The first-order chi connectivity index (χ1) is 5.22. The van der Waals surface area contributed by atoms with Crippen LogP contribution in [0.15, 0.2) is 5.11 Å². The Morgan fingerprint density at radius 1 is 1.73 bits per heavy atom. The lowest BCUT2D eigenvalue weighted by Gasteiger charge is -2.05. The molecular weight excluding hydrogens is 170 g/mol. The highest BCUT2D eigenvalue weighted by Crippen LogP contribution is 2.00. The predicted octanol–water partition coefficient (Wildman–Crippen LogP) is 0.269. The van der Waals surface area contributed by atoms with Crippen molar-refractivity contribution in [3.05, 3.63) is 10.4 Å². The van der Waals surface area contributed by atoms with Gasteiger partial charge in [-0.2, -0.15) is 0 Å². The van der Waals surface area contributed by atoms with Gasteiger partial charge in [0.25, 0.3) is 0 Å². The number of hydrogen-bond acceptors (Lipinski definition) is 3. The van der Waals surface area contributed by atoms with Crippen LogP contribution in [0.5, 0.6) is 0 Å². The zero-order chi connectivity index (χ0) is 8.69. The smallest absolute Gasteiger partial charge is 0.156 e. The van der Waals surface area contributed by atoms with Crippen LogP contribution in [0.25, 0.3) is 10.4 Å². The number of azide groups is 1. The molecule has 0 aliphatic carbocycles. The van der Waals surface area contributed by atoms with Crippen LogP contribution in [0.3, 0.4) is 0 Å². The van der Waals surface area contributed by atoms with Crippen molar-refractivity contribution in [1.82, 2.24) is 0 Å². The first kappa shape index (κ1) is 10.4. The minimum absolute atomic E-state index is 0.0554. The first-order valence-corrected chi connectivity index (χ1v) is 4.10. The predicted molar refractivity (Wildman–Crippen MR) is 40.3 cm³/mol. The van der Waals surface area contributed by atoms with Crippen LogP contribution in [0.2, 0.25) is 0 Å². The Balaban J connectivity index is 3.88. The highest BCUT2D eigenvalue weighted by molar-refractivity contribution is 7.79. The van der Waals surface area contributed by atoms with E-state index in [1.807, 2.05) is 0 Å². The van der Waals surface area contributed by atoms with Gasteiger partial charge in [0.05, 0.1) is 5.25 Å². The minimum Gasteiger partial charge on any atom is -0.396 e. The van der Waals surface area contributed by atoms with Crippen molar-refractivity contribution in [3.63, 3.8) is 0 Å². The van der Waals surface area contributed by atoms with Crippen LogP contribution in [-0.2, 0) is 11.1 Å². The summed E-state index contributed by atoms with van der Waals surface area (Å²) in [6, 6.07) is 0. The third-order valence-corrected chi connectivity index (χ3v) is 2.04. The van der Waals surface area contributed by atoms with Gasteiger partial charge >= 0.3 is 0 Å². The van der Waals surface area contributed by atoms with Crippen LogP contribution in [0, 0.1) is 0 Å². The van der Waals surface area contributed by atoms with E-state index >= 15 is 0 Å². The Morgan fingerprint density at radius 2 is 2.36 bits per heavy atom. The average molecular weight is 179 g/mol. The Hall–Kier alpha value is -0.620. The molecule has 0 aliphatic heterocycles. The van der Waals surface area contributed by atoms with E-state index in [9.17, 15) is 4.21 Å². The lowest BCUT2D eigenvalue weighted by molar-refractivity contribution is 0.285. The van der Waals surface area contributed by atoms with Crippen LogP contribution in [-0.4, -0.2) is 32.3 Å². The van der Waals surface area contributed by atoms with Gasteiger partial charge in [0.2, 0.25) is 0 Å². The SMILES string of the molecule is [N-]=[N+]=NCC(CCO)S(=O)O. The summed E-state index contributed by atoms with van der Waals surface area (Å²) in [7, 11) is 0. The Morgan fingerprint density at radius 3 is 2.73 bits per heavy atom. The van der Waals surface area contributed by atoms with Crippen molar-refractivity contribution in [2.24, 2.45) is 5.11 Å². The Kier molecular flexibility index (Phi) is 5.77. The fourth-order valence-electron chi connectivity index (χ4n) is 0.527. The zero-order valence-corrected chi connectivity index (χ0v) is 6.57. The highest BCUT2D eigenvalue weighted by atomic mass is 32.2. The second kappa shape index (κ2) is 6.11. The van der Waals surface area contributed by atoms with E-state index in [0.29, 0.717) is 0 Å². The summed E-state index contributed by atoms with van der Waals surface area (Å²) in [6.07, 6.45) is 0.169. The third-order valence-electron chi connectivity index (χ3n) is 1.08. The Bertz CT molecular complexity index is 179. The molecule has 0 radical (unpaired) electrons. The van der Waals surface area contributed by atoms with Crippen LogP contribution in [0.4, 0.5) is 0 Å². The fourth-order valence-corrected chi connectivity index (χ4v) is 1.03. The maximum atomic E-state index is 10.4. The van der Waals surface area contributed by atoms with Gasteiger partial charge in [0.15, 0.2) is 11.1 Å². The molecule has 2 atom stereocenters. The summed E-state index contributed by atoms with van der Waals surface area (Å²) in [5, 5.41) is 10.9. The number of nitrogens with zero attached hydrogens (tertiary/aromatic N) is 3. The van der Waals surface area contributed by atoms with Crippen LogP contribution < -0.4 is 0 Å². The average Bonchev–Trinajstić information content (AvgIpc) is 1.97. The molecule has 2 unspecified atom stereocenters. The van der Waals surface area contributed by atoms with Crippen molar-refractivity contribution >= 4 is 11.1 Å². The zero-order valence-electron chi connectivity index (χ0n) is 5.75. The summed E-state index contributed by atoms with van der Waals surface area (Å²) in [5.41, 5.74) is 7.88. The molecule has 0 spiro atoms. The number of rotatable bonds is 5. The van der Waals surface area contributed by atoms with Crippen molar-refractivity contribution in [3.8, 4) is 0 Å². The molecule has 0 saturated heterocycles. The van der Waals surface area contributed by atoms with E-state index in [-0.39, 0.29) is 19.6 Å². The second-order valence-electron chi connectivity index (χ2n) is 1.82. The highest BCUT2D eigenvalue weighted by Gasteiger charge is 2.12. The van der Waals surface area contributed by atoms with E-state index < -0.39 is 16.3 Å². The molecule has 0 heterocycles. The van der Waals surface area contributed by atoms with Gasteiger partial charge in [-0.3, -0.25) is 0 Å². The normalized spacial score (nSPS) is 15.1. The largest absolute Gasteiger partial charge is 0.396 e. The molecule has 0 aromatic rings. The van der Waals surface area contributed by atoms with Crippen molar-refractivity contribution in [2.75, 3.05) is 13.2 Å². The monoisotopic (exact) mass is 179 g/mol. The molecule has 0 amide bonds. The molecule has 0 bridgehead atoms. The van der Waals surface area contributed by atoms with Crippen LogP contribution in [0.1, 0.15) is 6.42 Å². The number of aliphatic hydroxyl groups is 1. The molecule has 7 heteroatoms. The number of aliphatic hydroxyl groups excluding tert-OH is 1. The maximum absolute atomic E-state index is 10.4. The minimum atomic E-state index is -2.03. The maximum Gasteiger partial charge on any atom is 0.156 e. The van der Waals surface area contributed by atoms with Crippen molar-refractivity contribution in [1.29, 1.82) is 0 Å². The van der Waals surface area contributed by atoms with Crippen molar-refractivity contribution < 1.29 is 13.9 Å². The van der Waals surface area contributed by atoms with Gasteiger partial charge in [0, 0.05) is 18.1 Å². The topological polar surface area (TPSA) is 106 Å². The van der Waals surface area contributed by atoms with Gasteiger partial charge < -0.3 is 9.66 Å². The lowest BCUT2D eigenvalue weighted by Crippen LogP contribution is -2.19. The lowest BCUT2D eigenvalue weighted by atomic mass is 10.3. The fraction of sp³-hybridized carbons (Fsp3) is 1.00. The van der Waals surface area contributed by atoms with Crippen molar-refractivity contribution in [2.45, 2.75) is 11.7 Å². The van der Waals surface area contributed by atoms with Gasteiger partial charge in [0.1, 0.15) is 0 Å². The molecule has 0 aromatic carbocycles. The van der Waals surface area contributed by atoms with E-state index in [1.165, 1.54) is 0 Å². The standard InChI is InChI=1S/C4H9N3O3S/c5-7-6-3-4(1-2-8)11(9)10/h4,8H,1-3H2,(H,9,10). The van der Waals surface area contributed by atoms with E-state index in [1.54, 1.807) is 0 Å². The Labute approximate surface area is 66.1 Å². The molecule has 0 fully saturated rings. The molecule has 0 saturated carbocycles. The van der Waals surface area contributed by atoms with Crippen LogP contribution >= 0.6 is 0 Å². The summed E-state index contributed by atoms with van der Waals surface area (Å²) in [5.74, 6) is 0. The molecule has 6 nitrogen and oxygen atoms in total. The van der Waals surface area contributed by atoms with E-state index in [0.717, 1.165) is 0 Å². The summed E-state index contributed by atoms with van der Waals surface area (Å²) >= 11 is -2.03. The van der Waals surface area contributed by atoms with E-state index in [2.05, 4.69) is 10.0 Å². The van der Waals surface area contributed by atoms with Gasteiger partial charge in [-0.15, -0.1) is 0 Å². The molecule has 11 heavy (non-hydrogen) atoms. The molecule has 0 aliphatic rings.